The SMILES string of the molecule is O=C(NCC1(CCBr)CC1)c1ccccc1O. The number of amides is 1. The highest BCUT2D eigenvalue weighted by Gasteiger charge is 2.41. The Hall–Kier alpha value is -1.03. The van der Waals surface area contributed by atoms with E-state index in [1.54, 1.807) is 18.2 Å². The Labute approximate surface area is 109 Å². The van der Waals surface area contributed by atoms with Crippen LogP contribution < -0.4 is 5.32 Å². The van der Waals surface area contributed by atoms with E-state index in [0.29, 0.717) is 17.5 Å². The van der Waals surface area contributed by atoms with E-state index in [-0.39, 0.29) is 11.7 Å². The summed E-state index contributed by atoms with van der Waals surface area (Å²) in [6.45, 7) is 0.700. The van der Waals surface area contributed by atoms with Crippen molar-refractivity contribution in [2.24, 2.45) is 5.41 Å². The first-order valence-corrected chi connectivity index (χ1v) is 6.91. The number of hydrogen-bond acceptors (Lipinski definition) is 2. The minimum absolute atomic E-state index is 0.0374. The smallest absolute Gasteiger partial charge is 0.255 e. The fourth-order valence-electron chi connectivity index (χ4n) is 1.92. The van der Waals surface area contributed by atoms with Gasteiger partial charge in [0.1, 0.15) is 5.75 Å². The third kappa shape index (κ3) is 3.00. The van der Waals surface area contributed by atoms with Crippen LogP contribution in [0.2, 0.25) is 0 Å². The van der Waals surface area contributed by atoms with Crippen LogP contribution in [0.25, 0.3) is 0 Å². The minimum atomic E-state index is -0.191. The van der Waals surface area contributed by atoms with Crippen LogP contribution in [-0.4, -0.2) is 22.9 Å². The molecule has 92 valence electrons. The van der Waals surface area contributed by atoms with E-state index >= 15 is 0 Å². The molecule has 1 aromatic carbocycles. The summed E-state index contributed by atoms with van der Waals surface area (Å²) in [5, 5.41) is 13.4. The van der Waals surface area contributed by atoms with Gasteiger partial charge in [0.05, 0.1) is 5.56 Å². The molecular weight excluding hydrogens is 282 g/mol. The number of benzene rings is 1. The monoisotopic (exact) mass is 297 g/mol. The fraction of sp³-hybridized carbons (Fsp3) is 0.462. The quantitative estimate of drug-likeness (QED) is 0.821. The number of phenolic OH excluding ortho intramolecular Hbond substituents is 1. The largest absolute Gasteiger partial charge is 0.507 e. The number of rotatable bonds is 5. The second-order valence-corrected chi connectivity index (χ2v) is 5.43. The average molecular weight is 298 g/mol. The van der Waals surface area contributed by atoms with Crippen molar-refractivity contribution in [2.75, 3.05) is 11.9 Å². The van der Waals surface area contributed by atoms with Gasteiger partial charge in [0.25, 0.3) is 5.91 Å². The van der Waals surface area contributed by atoms with Gasteiger partial charge in [0.15, 0.2) is 0 Å². The van der Waals surface area contributed by atoms with Gasteiger partial charge in [-0.15, -0.1) is 0 Å². The lowest BCUT2D eigenvalue weighted by atomic mass is 10.0. The summed E-state index contributed by atoms with van der Waals surface area (Å²) in [6.07, 6.45) is 3.45. The van der Waals surface area contributed by atoms with Crippen LogP contribution in [0.3, 0.4) is 0 Å². The number of aromatic hydroxyl groups is 1. The van der Waals surface area contributed by atoms with Gasteiger partial charge in [-0.05, 0) is 36.8 Å². The number of hydrogen-bond donors (Lipinski definition) is 2. The standard InChI is InChI=1S/C13H16BrNO2/c14-8-7-13(5-6-13)9-15-12(17)10-3-1-2-4-11(10)16/h1-4,16H,5-9H2,(H,15,17). The van der Waals surface area contributed by atoms with Crippen LogP contribution in [0.15, 0.2) is 24.3 Å². The molecule has 2 rings (SSSR count). The van der Waals surface area contributed by atoms with E-state index in [0.717, 1.165) is 11.8 Å². The lowest BCUT2D eigenvalue weighted by Gasteiger charge is -2.14. The Morgan fingerprint density at radius 3 is 2.71 bits per heavy atom. The maximum absolute atomic E-state index is 11.9. The number of alkyl halides is 1. The molecule has 0 atom stereocenters. The van der Waals surface area contributed by atoms with Gasteiger partial charge in [-0.25, -0.2) is 0 Å². The lowest BCUT2D eigenvalue weighted by Crippen LogP contribution is -2.30. The molecule has 1 aliphatic rings. The van der Waals surface area contributed by atoms with Crippen molar-refractivity contribution in [2.45, 2.75) is 19.3 Å². The molecule has 1 fully saturated rings. The molecule has 1 aromatic rings. The van der Waals surface area contributed by atoms with E-state index in [2.05, 4.69) is 21.2 Å². The van der Waals surface area contributed by atoms with Crippen LogP contribution in [-0.2, 0) is 0 Å². The number of para-hydroxylation sites is 1. The molecule has 0 radical (unpaired) electrons. The van der Waals surface area contributed by atoms with Crippen LogP contribution >= 0.6 is 15.9 Å². The molecular formula is C13H16BrNO2. The number of carbonyl (C=O) groups excluding carboxylic acids is 1. The molecule has 0 aromatic heterocycles. The highest BCUT2D eigenvalue weighted by molar-refractivity contribution is 9.09. The summed E-state index contributed by atoms with van der Waals surface area (Å²) < 4.78 is 0. The summed E-state index contributed by atoms with van der Waals surface area (Å²) in [5.41, 5.74) is 0.644. The normalized spacial score (nSPS) is 16.5. The van der Waals surface area contributed by atoms with E-state index in [4.69, 9.17) is 0 Å². The highest BCUT2D eigenvalue weighted by Crippen LogP contribution is 2.48. The Morgan fingerprint density at radius 2 is 2.12 bits per heavy atom. The minimum Gasteiger partial charge on any atom is -0.507 e. The average Bonchev–Trinajstić information content (AvgIpc) is 3.08. The molecule has 0 heterocycles. The first-order chi connectivity index (χ1) is 8.17. The molecule has 17 heavy (non-hydrogen) atoms. The van der Waals surface area contributed by atoms with Crippen LogP contribution in [0, 0.1) is 5.41 Å². The molecule has 0 saturated heterocycles. The summed E-state index contributed by atoms with van der Waals surface area (Å²) >= 11 is 3.44. The van der Waals surface area contributed by atoms with Gasteiger partial charge in [0, 0.05) is 11.9 Å². The molecule has 1 aliphatic carbocycles. The highest BCUT2D eigenvalue weighted by atomic mass is 79.9. The Kier molecular flexibility index (Phi) is 3.72. The van der Waals surface area contributed by atoms with E-state index in [9.17, 15) is 9.90 Å². The molecule has 2 N–H and O–H groups in total. The number of phenols is 1. The first-order valence-electron chi connectivity index (χ1n) is 5.79. The zero-order valence-electron chi connectivity index (χ0n) is 9.58. The number of carbonyl (C=O) groups is 1. The van der Waals surface area contributed by atoms with Crippen molar-refractivity contribution in [3.63, 3.8) is 0 Å². The van der Waals surface area contributed by atoms with Crippen LogP contribution in [0.1, 0.15) is 29.6 Å². The molecule has 0 spiro atoms. The van der Waals surface area contributed by atoms with Crippen molar-refractivity contribution < 1.29 is 9.90 Å². The third-order valence-electron chi connectivity index (χ3n) is 3.35. The summed E-state index contributed by atoms with van der Waals surface area (Å²) in [6, 6.07) is 6.62. The van der Waals surface area contributed by atoms with Crippen molar-refractivity contribution in [1.29, 1.82) is 0 Å². The van der Waals surface area contributed by atoms with Crippen molar-refractivity contribution >= 4 is 21.8 Å². The molecule has 1 amide bonds. The topological polar surface area (TPSA) is 49.3 Å². The second kappa shape index (κ2) is 5.08. The summed E-state index contributed by atoms with van der Waals surface area (Å²) in [4.78, 5) is 11.9. The Bertz CT molecular complexity index is 416. The number of halogens is 1. The number of nitrogens with one attached hydrogen (secondary N) is 1. The Morgan fingerprint density at radius 1 is 1.41 bits per heavy atom. The zero-order valence-corrected chi connectivity index (χ0v) is 11.2. The lowest BCUT2D eigenvalue weighted by molar-refractivity contribution is 0.0942. The second-order valence-electron chi connectivity index (χ2n) is 4.64. The third-order valence-corrected chi connectivity index (χ3v) is 3.75. The molecule has 3 nitrogen and oxygen atoms in total. The Balaban J connectivity index is 1.92. The van der Waals surface area contributed by atoms with Gasteiger partial charge < -0.3 is 10.4 Å². The predicted molar refractivity (Wildman–Crippen MR) is 70.5 cm³/mol. The van der Waals surface area contributed by atoms with Gasteiger partial charge in [-0.3, -0.25) is 4.79 Å². The zero-order chi connectivity index (χ0) is 12.3. The summed E-state index contributed by atoms with van der Waals surface area (Å²) in [5.74, 6) is -0.153. The molecule has 0 bridgehead atoms. The molecule has 0 unspecified atom stereocenters. The van der Waals surface area contributed by atoms with E-state index < -0.39 is 0 Å². The van der Waals surface area contributed by atoms with Gasteiger partial charge >= 0.3 is 0 Å². The first kappa shape index (κ1) is 12.4. The van der Waals surface area contributed by atoms with Crippen LogP contribution in [0.4, 0.5) is 0 Å². The summed E-state index contributed by atoms with van der Waals surface area (Å²) in [7, 11) is 0. The molecule has 1 saturated carbocycles. The van der Waals surface area contributed by atoms with Crippen molar-refractivity contribution in [3.8, 4) is 5.75 Å². The maximum atomic E-state index is 11.9. The van der Waals surface area contributed by atoms with Crippen molar-refractivity contribution in [3.05, 3.63) is 29.8 Å². The maximum Gasteiger partial charge on any atom is 0.255 e. The van der Waals surface area contributed by atoms with Gasteiger partial charge in [0.2, 0.25) is 0 Å². The van der Waals surface area contributed by atoms with Gasteiger partial charge in [-0.1, -0.05) is 28.1 Å². The van der Waals surface area contributed by atoms with Gasteiger partial charge in [-0.2, -0.15) is 0 Å². The predicted octanol–water partition coefficient (Wildman–Crippen LogP) is 2.69. The molecule has 4 heteroatoms. The van der Waals surface area contributed by atoms with Crippen LogP contribution in [0.5, 0.6) is 5.75 Å². The van der Waals surface area contributed by atoms with Crippen molar-refractivity contribution in [1.82, 2.24) is 5.32 Å². The van der Waals surface area contributed by atoms with E-state index in [1.807, 2.05) is 0 Å². The fourth-order valence-corrected chi connectivity index (χ4v) is 2.76. The van der Waals surface area contributed by atoms with E-state index in [1.165, 1.54) is 18.9 Å². The molecule has 0 aliphatic heterocycles.